The summed E-state index contributed by atoms with van der Waals surface area (Å²) < 4.78 is 0. The minimum absolute atomic E-state index is 0.0311. The molecule has 0 bridgehead atoms. The van der Waals surface area contributed by atoms with Gasteiger partial charge < -0.3 is 15.8 Å². The zero-order valence-corrected chi connectivity index (χ0v) is 10.1. The van der Waals surface area contributed by atoms with Crippen molar-refractivity contribution in [3.05, 3.63) is 22.2 Å². The minimum Gasteiger partial charge on any atom is -0.396 e. The van der Waals surface area contributed by atoms with Crippen LogP contribution in [0.4, 0.5) is 17.3 Å². The van der Waals surface area contributed by atoms with Crippen molar-refractivity contribution >= 4 is 17.3 Å². The molecule has 1 unspecified atom stereocenters. The Labute approximate surface area is 104 Å². The predicted molar refractivity (Wildman–Crippen MR) is 68.1 cm³/mol. The normalized spacial score (nSPS) is 11.9. The monoisotopic (exact) mass is 255 g/mol. The Hall–Kier alpha value is -1.93. The lowest BCUT2D eigenvalue weighted by atomic mass is 10.2. The average Bonchev–Trinajstić information content (AvgIpc) is 2.35. The van der Waals surface area contributed by atoms with Gasteiger partial charge in [-0.1, -0.05) is 0 Å². The summed E-state index contributed by atoms with van der Waals surface area (Å²) in [7, 11) is 0. The molecule has 18 heavy (non-hydrogen) atoms. The number of hydrogen-bond acceptors (Lipinski definition) is 7. The number of hydrogen-bond donors (Lipinski definition) is 4. The van der Waals surface area contributed by atoms with Crippen LogP contribution in [0.25, 0.3) is 0 Å². The summed E-state index contributed by atoms with van der Waals surface area (Å²) in [4.78, 5) is 14.4. The van der Waals surface area contributed by atoms with Gasteiger partial charge in [-0.2, -0.15) is 0 Å². The number of nitrogens with two attached hydrogens (primary N) is 1. The number of nitrogens with zero attached hydrogens (tertiary/aromatic N) is 2. The minimum atomic E-state index is -0.506. The highest BCUT2D eigenvalue weighted by molar-refractivity contribution is 5.60. The highest BCUT2D eigenvalue weighted by Crippen LogP contribution is 2.24. The first-order chi connectivity index (χ1) is 8.58. The van der Waals surface area contributed by atoms with Gasteiger partial charge >= 0.3 is 5.69 Å². The van der Waals surface area contributed by atoms with Crippen molar-refractivity contribution in [2.45, 2.75) is 25.8 Å². The van der Waals surface area contributed by atoms with Gasteiger partial charge in [0.05, 0.1) is 4.92 Å². The van der Waals surface area contributed by atoms with E-state index < -0.39 is 4.92 Å². The Morgan fingerprint density at radius 1 is 1.61 bits per heavy atom. The van der Waals surface area contributed by atoms with E-state index in [1.54, 1.807) is 0 Å². The van der Waals surface area contributed by atoms with Crippen molar-refractivity contribution in [1.82, 2.24) is 4.98 Å². The molecule has 0 amide bonds. The molecule has 0 radical (unpaired) electrons. The summed E-state index contributed by atoms with van der Waals surface area (Å²) in [6, 6.07) is 2.74. The molecule has 0 saturated heterocycles. The van der Waals surface area contributed by atoms with E-state index in [0.717, 1.165) is 0 Å². The molecule has 8 heteroatoms. The van der Waals surface area contributed by atoms with E-state index in [1.807, 2.05) is 6.92 Å². The van der Waals surface area contributed by atoms with Crippen LogP contribution in [-0.4, -0.2) is 27.7 Å². The summed E-state index contributed by atoms with van der Waals surface area (Å²) >= 11 is 0. The highest BCUT2D eigenvalue weighted by Gasteiger charge is 2.17. The Balaban J connectivity index is 2.86. The van der Waals surface area contributed by atoms with E-state index in [1.165, 1.54) is 12.1 Å². The zero-order valence-electron chi connectivity index (χ0n) is 10.1. The number of anilines is 2. The lowest BCUT2D eigenvalue weighted by molar-refractivity contribution is -0.384. The molecular formula is C10H17N5O3. The molecule has 1 rings (SSSR count). The second kappa shape index (κ2) is 6.72. The van der Waals surface area contributed by atoms with Crippen LogP contribution in [0.5, 0.6) is 0 Å². The SMILES string of the molecule is CC(CCCO)Nc1nc(NN)ccc1[N+](=O)[O-]. The fourth-order valence-corrected chi connectivity index (χ4v) is 1.49. The summed E-state index contributed by atoms with van der Waals surface area (Å²) in [6.07, 6.45) is 1.31. The van der Waals surface area contributed by atoms with Crippen LogP contribution >= 0.6 is 0 Å². The van der Waals surface area contributed by atoms with E-state index in [9.17, 15) is 10.1 Å². The fourth-order valence-electron chi connectivity index (χ4n) is 1.49. The summed E-state index contributed by atoms with van der Waals surface area (Å²) in [5.74, 6) is 5.73. The van der Waals surface area contributed by atoms with Crippen LogP contribution in [0.2, 0.25) is 0 Å². The standard InChI is InChI=1S/C10H17N5O3/c1-7(3-2-6-16)12-10-8(15(17)18)4-5-9(13-10)14-11/h4-5,7,16H,2-3,6,11H2,1H3,(H2,12,13,14). The molecule has 5 N–H and O–H groups in total. The third kappa shape index (κ3) is 3.82. The molecule has 1 heterocycles. The number of nitrogens with one attached hydrogen (secondary N) is 2. The molecular weight excluding hydrogens is 238 g/mol. The number of nitrogen functional groups attached to an aromatic ring is 1. The lowest BCUT2D eigenvalue weighted by Gasteiger charge is -2.14. The van der Waals surface area contributed by atoms with Crippen molar-refractivity contribution in [1.29, 1.82) is 0 Å². The van der Waals surface area contributed by atoms with E-state index in [4.69, 9.17) is 10.9 Å². The van der Waals surface area contributed by atoms with Crippen LogP contribution < -0.4 is 16.6 Å². The van der Waals surface area contributed by atoms with Crippen LogP contribution in [0.1, 0.15) is 19.8 Å². The topological polar surface area (TPSA) is 126 Å². The molecule has 0 spiro atoms. The maximum Gasteiger partial charge on any atom is 0.311 e. The van der Waals surface area contributed by atoms with Crippen LogP contribution in [0.3, 0.4) is 0 Å². The zero-order chi connectivity index (χ0) is 13.5. The summed E-state index contributed by atoms with van der Waals surface area (Å²) in [5.41, 5.74) is 2.23. The van der Waals surface area contributed by atoms with Gasteiger partial charge in [0.2, 0.25) is 5.82 Å². The van der Waals surface area contributed by atoms with E-state index in [-0.39, 0.29) is 24.2 Å². The molecule has 8 nitrogen and oxygen atoms in total. The van der Waals surface area contributed by atoms with E-state index in [2.05, 4.69) is 15.7 Å². The van der Waals surface area contributed by atoms with Crippen LogP contribution in [0.15, 0.2) is 12.1 Å². The number of aliphatic hydroxyl groups is 1. The quantitative estimate of drug-likeness (QED) is 0.323. The van der Waals surface area contributed by atoms with Crippen molar-refractivity contribution in [2.24, 2.45) is 5.84 Å². The first-order valence-electron chi connectivity index (χ1n) is 5.58. The summed E-state index contributed by atoms with van der Waals surface area (Å²) in [6.45, 7) is 1.95. The Morgan fingerprint density at radius 3 is 2.89 bits per heavy atom. The Morgan fingerprint density at radius 2 is 2.33 bits per heavy atom. The summed E-state index contributed by atoms with van der Waals surface area (Å²) in [5, 5.41) is 22.5. The van der Waals surface area contributed by atoms with Gasteiger partial charge in [-0.05, 0) is 25.8 Å². The fraction of sp³-hybridized carbons (Fsp3) is 0.500. The van der Waals surface area contributed by atoms with Crippen molar-refractivity contribution in [2.75, 3.05) is 17.3 Å². The van der Waals surface area contributed by atoms with Gasteiger partial charge in [-0.25, -0.2) is 10.8 Å². The highest BCUT2D eigenvalue weighted by atomic mass is 16.6. The molecule has 0 aliphatic heterocycles. The van der Waals surface area contributed by atoms with Gasteiger partial charge in [0.25, 0.3) is 0 Å². The number of rotatable bonds is 7. The maximum atomic E-state index is 10.9. The molecule has 1 aromatic heterocycles. The van der Waals surface area contributed by atoms with Gasteiger partial charge in [0, 0.05) is 18.7 Å². The second-order valence-electron chi connectivity index (χ2n) is 3.88. The third-order valence-corrected chi connectivity index (χ3v) is 2.40. The molecule has 0 aromatic carbocycles. The average molecular weight is 255 g/mol. The third-order valence-electron chi connectivity index (χ3n) is 2.40. The van der Waals surface area contributed by atoms with E-state index in [0.29, 0.717) is 18.7 Å². The van der Waals surface area contributed by atoms with Gasteiger partial charge in [0.15, 0.2) is 0 Å². The number of aliphatic hydroxyl groups excluding tert-OH is 1. The van der Waals surface area contributed by atoms with Crippen LogP contribution in [-0.2, 0) is 0 Å². The Bertz CT molecular complexity index is 412. The largest absolute Gasteiger partial charge is 0.396 e. The van der Waals surface area contributed by atoms with Gasteiger partial charge in [-0.15, -0.1) is 0 Å². The predicted octanol–water partition coefficient (Wildman–Crippen LogP) is 0.848. The molecule has 0 aliphatic carbocycles. The van der Waals surface area contributed by atoms with Crippen molar-refractivity contribution in [3.63, 3.8) is 0 Å². The first kappa shape index (κ1) is 14.1. The molecule has 0 fully saturated rings. The molecule has 1 aromatic rings. The number of aromatic nitrogens is 1. The second-order valence-corrected chi connectivity index (χ2v) is 3.88. The van der Waals surface area contributed by atoms with Gasteiger partial charge in [-0.3, -0.25) is 10.1 Å². The number of nitro groups is 1. The van der Waals surface area contributed by atoms with E-state index >= 15 is 0 Å². The Kier molecular flexibility index (Phi) is 5.28. The number of pyridine rings is 1. The van der Waals surface area contributed by atoms with Crippen molar-refractivity contribution < 1.29 is 10.0 Å². The maximum absolute atomic E-state index is 10.9. The molecule has 0 aliphatic rings. The number of hydrazine groups is 1. The molecule has 1 atom stereocenters. The first-order valence-corrected chi connectivity index (χ1v) is 5.58. The lowest BCUT2D eigenvalue weighted by Crippen LogP contribution is -2.18. The molecule has 100 valence electrons. The smallest absolute Gasteiger partial charge is 0.311 e. The van der Waals surface area contributed by atoms with Crippen molar-refractivity contribution in [3.8, 4) is 0 Å². The molecule has 0 saturated carbocycles. The van der Waals surface area contributed by atoms with Gasteiger partial charge in [0.1, 0.15) is 5.82 Å². The van der Waals surface area contributed by atoms with Crippen LogP contribution in [0, 0.1) is 10.1 Å².